The summed E-state index contributed by atoms with van der Waals surface area (Å²) in [5.41, 5.74) is 0. The predicted octanol–water partition coefficient (Wildman–Crippen LogP) is -0.0604. The molecule has 0 unspecified atom stereocenters. The molecule has 4 nitrogen and oxygen atoms in total. The van der Waals surface area contributed by atoms with Crippen LogP contribution >= 0.6 is 0 Å². The van der Waals surface area contributed by atoms with E-state index in [4.69, 9.17) is 17.5 Å². The molecule has 0 aromatic heterocycles. The minimum absolute atomic E-state index is 0. The third-order valence-electron chi connectivity index (χ3n) is 1.66. The molecule has 0 fully saturated rings. The molecular formula is C11H15NaO4S. The fraction of sp³-hybridized carbons (Fsp3) is 0.0909. The Kier molecular flexibility index (Phi) is 9.61. The van der Waals surface area contributed by atoms with Crippen LogP contribution in [-0.2, 0) is 10.4 Å². The van der Waals surface area contributed by atoms with Gasteiger partial charge in [0, 0.05) is 0 Å². The van der Waals surface area contributed by atoms with E-state index in [2.05, 4.69) is 48.5 Å². The molecule has 0 bridgehead atoms. The van der Waals surface area contributed by atoms with Gasteiger partial charge in [0.25, 0.3) is 0 Å². The summed E-state index contributed by atoms with van der Waals surface area (Å²) >= 11 is 0. The van der Waals surface area contributed by atoms with E-state index in [9.17, 15) is 0 Å². The molecule has 2 aromatic carbocycles. The average Bonchev–Trinajstić information content (AvgIpc) is 2.16. The number of rotatable bonds is 0. The largest absolute Gasteiger partial charge is 1.00 e. The summed E-state index contributed by atoms with van der Waals surface area (Å²) in [5, 5.41) is 2.62. The zero-order valence-electron chi connectivity index (χ0n) is 9.74. The second-order valence-corrected chi connectivity index (χ2v) is 3.69. The van der Waals surface area contributed by atoms with Crippen molar-refractivity contribution in [3.05, 3.63) is 48.5 Å². The van der Waals surface area contributed by atoms with E-state index in [0.717, 1.165) is 0 Å². The topological polar surface area (TPSA) is 74.6 Å². The van der Waals surface area contributed by atoms with Crippen LogP contribution in [0.2, 0.25) is 0 Å². The summed E-state index contributed by atoms with van der Waals surface area (Å²) in [6.07, 6.45) is 0. The van der Waals surface area contributed by atoms with Gasteiger partial charge in [-0.3, -0.25) is 9.11 Å². The van der Waals surface area contributed by atoms with Gasteiger partial charge in [-0.15, -0.1) is 0 Å². The van der Waals surface area contributed by atoms with Crippen LogP contribution in [0.3, 0.4) is 0 Å². The zero-order valence-corrected chi connectivity index (χ0v) is 11.6. The Balaban J connectivity index is -0.000000252. The van der Waals surface area contributed by atoms with Crippen molar-refractivity contribution in [1.82, 2.24) is 0 Å². The molecule has 0 atom stereocenters. The van der Waals surface area contributed by atoms with E-state index in [1.807, 2.05) is 0 Å². The molecule has 2 N–H and O–H groups in total. The van der Waals surface area contributed by atoms with Crippen LogP contribution in [0.15, 0.2) is 48.5 Å². The standard InChI is InChI=1S/C10H8.CH4.Na.H2O4S.H/c1-2-6-10-8-4-3-7-9(10)5-1;;;1-5(2,3)4;/h1-8H;1H4;;(H2,1,2,3,4);/q;;+1;;-1. The summed E-state index contributed by atoms with van der Waals surface area (Å²) < 4.78 is 31.6. The van der Waals surface area contributed by atoms with Crippen molar-refractivity contribution in [2.75, 3.05) is 0 Å². The van der Waals surface area contributed by atoms with Crippen molar-refractivity contribution in [3.8, 4) is 0 Å². The van der Waals surface area contributed by atoms with Crippen LogP contribution in [0.25, 0.3) is 10.8 Å². The van der Waals surface area contributed by atoms with Crippen molar-refractivity contribution in [3.63, 3.8) is 0 Å². The first-order chi connectivity index (χ1) is 6.97. The van der Waals surface area contributed by atoms with Gasteiger partial charge in [-0.2, -0.15) is 8.42 Å². The third-order valence-corrected chi connectivity index (χ3v) is 1.66. The Morgan fingerprint density at radius 3 is 1.18 bits per heavy atom. The number of hydrogen-bond donors (Lipinski definition) is 2. The minimum atomic E-state index is -4.67. The summed E-state index contributed by atoms with van der Waals surface area (Å²) in [4.78, 5) is 0. The van der Waals surface area contributed by atoms with Gasteiger partial charge in [-0.25, -0.2) is 0 Å². The maximum Gasteiger partial charge on any atom is 1.00 e. The van der Waals surface area contributed by atoms with E-state index in [1.54, 1.807) is 0 Å². The van der Waals surface area contributed by atoms with Gasteiger partial charge in [-0.05, 0) is 10.8 Å². The van der Waals surface area contributed by atoms with Gasteiger partial charge in [0.1, 0.15) is 0 Å². The number of benzene rings is 2. The van der Waals surface area contributed by atoms with Crippen molar-refractivity contribution in [2.45, 2.75) is 7.43 Å². The molecule has 0 heterocycles. The average molecular weight is 266 g/mol. The second-order valence-electron chi connectivity index (χ2n) is 2.79. The maximum atomic E-state index is 8.74. The monoisotopic (exact) mass is 266 g/mol. The fourth-order valence-electron chi connectivity index (χ4n) is 1.13. The van der Waals surface area contributed by atoms with Crippen LogP contribution in [0, 0.1) is 0 Å². The van der Waals surface area contributed by atoms with Gasteiger partial charge in [0.15, 0.2) is 0 Å². The molecule has 90 valence electrons. The molecule has 2 rings (SSSR count). The summed E-state index contributed by atoms with van der Waals surface area (Å²) in [6.45, 7) is 0. The SMILES string of the molecule is C.O=S(=O)(O)O.[H-].[Na+].c1ccc2ccccc2c1. The smallest absolute Gasteiger partial charge is 1.00 e. The summed E-state index contributed by atoms with van der Waals surface area (Å²) in [6, 6.07) is 16.7. The van der Waals surface area contributed by atoms with E-state index < -0.39 is 10.4 Å². The molecule has 0 amide bonds. The second kappa shape index (κ2) is 8.63. The quantitative estimate of drug-likeness (QED) is 0.517. The van der Waals surface area contributed by atoms with Crippen molar-refractivity contribution >= 4 is 21.2 Å². The van der Waals surface area contributed by atoms with Gasteiger partial charge in [0.2, 0.25) is 0 Å². The molecule has 0 spiro atoms. The van der Waals surface area contributed by atoms with E-state index in [0.29, 0.717) is 0 Å². The molecule has 0 saturated heterocycles. The van der Waals surface area contributed by atoms with Crippen molar-refractivity contribution in [2.24, 2.45) is 0 Å². The molecule has 0 aliphatic rings. The van der Waals surface area contributed by atoms with Crippen molar-refractivity contribution in [1.29, 1.82) is 0 Å². The molecule has 2 aromatic rings. The molecule has 0 aliphatic carbocycles. The molecular weight excluding hydrogens is 251 g/mol. The van der Waals surface area contributed by atoms with E-state index in [-0.39, 0.29) is 38.4 Å². The van der Waals surface area contributed by atoms with Crippen LogP contribution in [0.4, 0.5) is 0 Å². The Bertz CT molecular complexity index is 472. The van der Waals surface area contributed by atoms with Gasteiger partial charge >= 0.3 is 40.0 Å². The Labute approximate surface area is 125 Å². The first kappa shape index (κ1) is 18.9. The van der Waals surface area contributed by atoms with E-state index >= 15 is 0 Å². The number of hydrogen-bond acceptors (Lipinski definition) is 2. The van der Waals surface area contributed by atoms with Crippen LogP contribution in [0.5, 0.6) is 0 Å². The third kappa shape index (κ3) is 9.29. The number of fused-ring (bicyclic) bond motifs is 1. The van der Waals surface area contributed by atoms with Crippen LogP contribution in [0.1, 0.15) is 8.85 Å². The summed E-state index contributed by atoms with van der Waals surface area (Å²) in [7, 11) is -4.67. The maximum absolute atomic E-state index is 8.74. The van der Waals surface area contributed by atoms with Crippen LogP contribution < -0.4 is 29.6 Å². The predicted molar refractivity (Wildman–Crippen MR) is 66.0 cm³/mol. The first-order valence-corrected chi connectivity index (χ1v) is 5.50. The van der Waals surface area contributed by atoms with Gasteiger partial charge < -0.3 is 1.43 Å². The summed E-state index contributed by atoms with van der Waals surface area (Å²) in [5.74, 6) is 0. The minimum Gasteiger partial charge on any atom is -1.00 e. The van der Waals surface area contributed by atoms with Crippen LogP contribution in [-0.4, -0.2) is 17.5 Å². The first-order valence-electron chi connectivity index (χ1n) is 4.10. The Morgan fingerprint density at radius 1 is 0.824 bits per heavy atom. The molecule has 0 saturated carbocycles. The molecule has 0 radical (unpaired) electrons. The van der Waals surface area contributed by atoms with E-state index in [1.165, 1.54) is 10.8 Å². The Hall–Kier alpha value is -0.430. The zero-order chi connectivity index (χ0) is 11.3. The Morgan fingerprint density at radius 2 is 1.00 bits per heavy atom. The van der Waals surface area contributed by atoms with Crippen molar-refractivity contribution < 1.29 is 48.5 Å². The fourth-order valence-corrected chi connectivity index (χ4v) is 1.13. The molecule has 6 heteroatoms. The van der Waals surface area contributed by atoms with Gasteiger partial charge in [0.05, 0.1) is 0 Å². The molecule has 17 heavy (non-hydrogen) atoms. The molecule has 0 aliphatic heterocycles. The van der Waals surface area contributed by atoms with Gasteiger partial charge in [-0.1, -0.05) is 56.0 Å². The normalized spacial score (nSPS) is 9.29.